The van der Waals surface area contributed by atoms with Gasteiger partial charge in [0.15, 0.2) is 0 Å². The lowest BCUT2D eigenvalue weighted by molar-refractivity contribution is -0.116. The van der Waals surface area contributed by atoms with Gasteiger partial charge in [0.25, 0.3) is 0 Å². The number of benzene rings is 2. The summed E-state index contributed by atoms with van der Waals surface area (Å²) in [6, 6.07) is 10.7. The summed E-state index contributed by atoms with van der Waals surface area (Å²) in [4.78, 5) is 13.6. The number of anilines is 2. The topological polar surface area (TPSA) is 66.5 Å². The zero-order valence-corrected chi connectivity index (χ0v) is 17.5. The number of nitrogens with zero attached hydrogens (tertiary/aromatic N) is 1. The number of carbonyl (C=O) groups is 1. The van der Waals surface area contributed by atoms with Crippen molar-refractivity contribution >= 4 is 62.3 Å². The van der Waals surface area contributed by atoms with Gasteiger partial charge in [-0.2, -0.15) is 0 Å². The van der Waals surface area contributed by atoms with Crippen LogP contribution in [0.4, 0.5) is 11.4 Å². The fourth-order valence-corrected chi connectivity index (χ4v) is 4.69. The maximum atomic E-state index is 12.7. The van der Waals surface area contributed by atoms with Crippen LogP contribution in [0.1, 0.15) is 6.92 Å². The number of nitrogens with one attached hydrogen (secondary N) is 1. The molecule has 0 fully saturated rings. The number of para-hydroxylation sites is 1. The Bertz CT molecular complexity index is 900. The SMILES string of the molecule is CSc1ccccc1NC(=O)[C@H](C)N(c1cc(Cl)cc(Cl)c1)S(C)(=O)=O. The number of amides is 1. The van der Waals surface area contributed by atoms with Gasteiger partial charge in [-0.05, 0) is 43.5 Å². The molecule has 0 saturated carbocycles. The highest BCUT2D eigenvalue weighted by molar-refractivity contribution is 7.98. The maximum absolute atomic E-state index is 12.7. The number of hydrogen-bond acceptors (Lipinski definition) is 4. The molecule has 0 unspecified atom stereocenters. The zero-order chi connectivity index (χ0) is 19.5. The van der Waals surface area contributed by atoms with Gasteiger partial charge in [0.1, 0.15) is 6.04 Å². The summed E-state index contributed by atoms with van der Waals surface area (Å²) in [5, 5.41) is 3.34. The van der Waals surface area contributed by atoms with Crippen molar-refractivity contribution in [3.05, 3.63) is 52.5 Å². The normalized spacial score (nSPS) is 12.5. The van der Waals surface area contributed by atoms with E-state index in [-0.39, 0.29) is 15.7 Å². The van der Waals surface area contributed by atoms with Crippen LogP contribution in [0.2, 0.25) is 10.0 Å². The van der Waals surface area contributed by atoms with Crippen molar-refractivity contribution in [2.75, 3.05) is 22.1 Å². The van der Waals surface area contributed by atoms with Gasteiger partial charge in [-0.3, -0.25) is 9.10 Å². The predicted octanol–water partition coefficient (Wildman–Crippen LogP) is 4.51. The molecule has 9 heteroatoms. The van der Waals surface area contributed by atoms with Crippen molar-refractivity contribution in [2.24, 2.45) is 0 Å². The third-order valence-corrected chi connectivity index (χ3v) is 6.03. The van der Waals surface area contributed by atoms with Gasteiger partial charge in [-0.1, -0.05) is 35.3 Å². The largest absolute Gasteiger partial charge is 0.323 e. The Kier molecular flexibility index (Phi) is 6.85. The average molecular weight is 433 g/mol. The molecule has 2 rings (SSSR count). The molecule has 0 aliphatic heterocycles. The van der Waals surface area contributed by atoms with Crippen molar-refractivity contribution < 1.29 is 13.2 Å². The summed E-state index contributed by atoms with van der Waals surface area (Å²) in [7, 11) is -3.75. The minimum Gasteiger partial charge on any atom is -0.323 e. The second kappa shape index (κ2) is 8.52. The Hall–Kier alpha value is -1.41. The van der Waals surface area contributed by atoms with Crippen molar-refractivity contribution in [3.63, 3.8) is 0 Å². The minimum atomic E-state index is -3.75. The summed E-state index contributed by atoms with van der Waals surface area (Å²) in [5.74, 6) is -0.465. The van der Waals surface area contributed by atoms with E-state index in [4.69, 9.17) is 23.2 Å². The number of rotatable bonds is 6. The Morgan fingerprint density at radius 1 is 1.15 bits per heavy atom. The molecule has 0 saturated heterocycles. The molecule has 1 amide bonds. The van der Waals surface area contributed by atoms with Gasteiger partial charge < -0.3 is 5.32 Å². The van der Waals surface area contributed by atoms with E-state index in [0.29, 0.717) is 5.69 Å². The second-order valence-corrected chi connectivity index (χ2v) is 9.13. The van der Waals surface area contributed by atoms with E-state index in [1.807, 2.05) is 18.4 Å². The molecule has 0 aromatic heterocycles. The summed E-state index contributed by atoms with van der Waals surface area (Å²) < 4.78 is 25.7. The number of hydrogen-bond donors (Lipinski definition) is 1. The molecule has 0 radical (unpaired) electrons. The fourth-order valence-electron chi connectivity index (χ4n) is 2.46. The van der Waals surface area contributed by atoms with Gasteiger partial charge in [-0.15, -0.1) is 11.8 Å². The van der Waals surface area contributed by atoms with E-state index >= 15 is 0 Å². The summed E-state index contributed by atoms with van der Waals surface area (Å²) >= 11 is 13.5. The maximum Gasteiger partial charge on any atom is 0.248 e. The smallest absolute Gasteiger partial charge is 0.248 e. The molecule has 1 atom stereocenters. The van der Waals surface area contributed by atoms with Crippen LogP contribution in [0.3, 0.4) is 0 Å². The molecule has 140 valence electrons. The number of carbonyl (C=O) groups excluding carboxylic acids is 1. The Labute approximate surface area is 167 Å². The van der Waals surface area contributed by atoms with Crippen molar-refractivity contribution in [2.45, 2.75) is 17.9 Å². The van der Waals surface area contributed by atoms with E-state index in [9.17, 15) is 13.2 Å². The number of halogens is 2. The molecular weight excluding hydrogens is 415 g/mol. The van der Waals surface area contributed by atoms with E-state index in [1.54, 1.807) is 12.1 Å². The van der Waals surface area contributed by atoms with Crippen LogP contribution < -0.4 is 9.62 Å². The molecule has 2 aromatic carbocycles. The lowest BCUT2D eigenvalue weighted by Crippen LogP contribution is -2.45. The molecule has 0 aliphatic carbocycles. The quantitative estimate of drug-likeness (QED) is 0.681. The molecule has 1 N–H and O–H groups in total. The van der Waals surface area contributed by atoms with Gasteiger partial charge in [-0.25, -0.2) is 8.42 Å². The molecule has 0 aliphatic rings. The lowest BCUT2D eigenvalue weighted by Gasteiger charge is -2.28. The predicted molar refractivity (Wildman–Crippen MR) is 110 cm³/mol. The lowest BCUT2D eigenvalue weighted by atomic mass is 10.2. The first kappa shape index (κ1) is 20.9. The van der Waals surface area contributed by atoms with E-state index in [2.05, 4.69) is 5.32 Å². The Morgan fingerprint density at radius 3 is 2.27 bits per heavy atom. The van der Waals surface area contributed by atoms with Gasteiger partial charge in [0, 0.05) is 14.9 Å². The standard InChI is InChI=1S/C17H18Cl2N2O3S2/c1-11(17(22)20-15-6-4-5-7-16(15)25-2)21(26(3,23)24)14-9-12(18)8-13(19)10-14/h4-11H,1-3H3,(H,20,22)/t11-/m0/s1. The minimum absolute atomic E-state index is 0.228. The highest BCUT2D eigenvalue weighted by Gasteiger charge is 2.30. The van der Waals surface area contributed by atoms with Crippen LogP contribution in [0, 0.1) is 0 Å². The first-order valence-corrected chi connectivity index (χ1v) is 11.4. The van der Waals surface area contributed by atoms with Crippen LogP contribution in [0.5, 0.6) is 0 Å². The van der Waals surface area contributed by atoms with E-state index in [1.165, 1.54) is 36.9 Å². The van der Waals surface area contributed by atoms with Crippen LogP contribution in [-0.4, -0.2) is 32.9 Å². The Balaban J connectivity index is 2.38. The monoisotopic (exact) mass is 432 g/mol. The molecule has 5 nitrogen and oxygen atoms in total. The van der Waals surface area contributed by atoms with Crippen molar-refractivity contribution in [3.8, 4) is 0 Å². The van der Waals surface area contributed by atoms with Crippen LogP contribution in [0.15, 0.2) is 47.4 Å². The third kappa shape index (κ3) is 5.07. The number of sulfonamides is 1. The van der Waals surface area contributed by atoms with Crippen molar-refractivity contribution in [1.82, 2.24) is 0 Å². The molecule has 0 bridgehead atoms. The van der Waals surface area contributed by atoms with Crippen LogP contribution in [-0.2, 0) is 14.8 Å². The molecule has 0 spiro atoms. The van der Waals surface area contributed by atoms with E-state index < -0.39 is 22.0 Å². The molecule has 26 heavy (non-hydrogen) atoms. The van der Waals surface area contributed by atoms with E-state index in [0.717, 1.165) is 15.5 Å². The average Bonchev–Trinajstić information content (AvgIpc) is 2.53. The second-order valence-electron chi connectivity index (χ2n) is 5.55. The van der Waals surface area contributed by atoms with Gasteiger partial charge >= 0.3 is 0 Å². The van der Waals surface area contributed by atoms with Gasteiger partial charge in [0.2, 0.25) is 15.9 Å². The number of thioether (sulfide) groups is 1. The summed E-state index contributed by atoms with van der Waals surface area (Å²) in [6.07, 6.45) is 2.92. The Morgan fingerprint density at radius 2 is 1.73 bits per heavy atom. The first-order valence-electron chi connectivity index (χ1n) is 7.53. The summed E-state index contributed by atoms with van der Waals surface area (Å²) in [5.41, 5.74) is 0.847. The summed E-state index contributed by atoms with van der Waals surface area (Å²) in [6.45, 7) is 1.51. The third-order valence-electron chi connectivity index (χ3n) is 3.56. The van der Waals surface area contributed by atoms with Crippen molar-refractivity contribution in [1.29, 1.82) is 0 Å². The van der Waals surface area contributed by atoms with Crippen LogP contribution in [0.25, 0.3) is 0 Å². The zero-order valence-electron chi connectivity index (χ0n) is 14.4. The first-order chi connectivity index (χ1) is 12.1. The highest BCUT2D eigenvalue weighted by Crippen LogP contribution is 2.30. The van der Waals surface area contributed by atoms with Crippen LogP contribution >= 0.6 is 35.0 Å². The van der Waals surface area contributed by atoms with Gasteiger partial charge in [0.05, 0.1) is 17.6 Å². The highest BCUT2D eigenvalue weighted by atomic mass is 35.5. The molecule has 0 heterocycles. The fraction of sp³-hybridized carbons (Fsp3) is 0.235. The molecule has 2 aromatic rings. The molecular formula is C17H18Cl2N2O3S2.